The van der Waals surface area contributed by atoms with Crippen LogP contribution in [0.2, 0.25) is 0 Å². The highest BCUT2D eigenvalue weighted by molar-refractivity contribution is 6.11. The first-order valence-corrected chi connectivity index (χ1v) is 14.7. The lowest BCUT2D eigenvalue weighted by atomic mass is 10.1. The van der Waals surface area contributed by atoms with Crippen molar-refractivity contribution in [1.29, 1.82) is 0 Å². The maximum atomic E-state index is 14.9. The van der Waals surface area contributed by atoms with Gasteiger partial charge in [0.2, 0.25) is 17.8 Å². The summed E-state index contributed by atoms with van der Waals surface area (Å²) in [5.41, 5.74) is 0.700. The highest BCUT2D eigenvalue weighted by Gasteiger charge is 2.30. The number of guanidine groups is 1. The number of amides is 4. The Hall–Kier alpha value is -4.81. The molecule has 12 nitrogen and oxygen atoms in total. The van der Waals surface area contributed by atoms with Crippen LogP contribution in [-0.2, 0) is 9.59 Å². The predicted molar refractivity (Wildman–Crippen MR) is 162 cm³/mol. The Bertz CT molecular complexity index is 1590. The van der Waals surface area contributed by atoms with E-state index in [1.54, 1.807) is 38.1 Å². The molecule has 4 heterocycles. The van der Waals surface area contributed by atoms with E-state index in [4.69, 9.17) is 4.42 Å². The lowest BCUT2D eigenvalue weighted by Crippen LogP contribution is -2.45. The van der Waals surface area contributed by atoms with E-state index in [0.717, 1.165) is 12.8 Å². The monoisotopic (exact) mass is 605 g/mol. The molecule has 0 radical (unpaired) electrons. The zero-order valence-electron chi connectivity index (χ0n) is 25.1. The van der Waals surface area contributed by atoms with Gasteiger partial charge in [-0.1, -0.05) is 0 Å². The quantitative estimate of drug-likeness (QED) is 0.325. The van der Waals surface area contributed by atoms with Crippen LogP contribution in [0.5, 0.6) is 0 Å². The van der Waals surface area contributed by atoms with Crippen molar-refractivity contribution in [2.75, 3.05) is 45.6 Å². The number of aliphatic imine (C=N–C) groups is 1. The Morgan fingerprint density at radius 2 is 1.84 bits per heavy atom. The molecule has 1 atom stereocenters. The third-order valence-electron chi connectivity index (χ3n) is 7.66. The van der Waals surface area contributed by atoms with E-state index < -0.39 is 17.8 Å². The van der Waals surface area contributed by atoms with Gasteiger partial charge in [-0.3, -0.25) is 29.5 Å². The fourth-order valence-corrected chi connectivity index (χ4v) is 5.35. The summed E-state index contributed by atoms with van der Waals surface area (Å²) in [6.07, 6.45) is 4.99. The molecule has 0 saturated carbocycles. The molecule has 2 fully saturated rings. The van der Waals surface area contributed by atoms with Gasteiger partial charge in [0.05, 0.1) is 12.1 Å². The molecular weight excluding hydrogens is 569 g/mol. The minimum atomic E-state index is -0.880. The highest BCUT2D eigenvalue weighted by Crippen LogP contribution is 2.26. The van der Waals surface area contributed by atoms with Crippen molar-refractivity contribution in [2.45, 2.75) is 45.1 Å². The summed E-state index contributed by atoms with van der Waals surface area (Å²) in [5.74, 6) is -1.46. The number of likely N-dealkylation sites (tertiary alicyclic amines) is 2. The first kappa shape index (κ1) is 30.6. The Morgan fingerprint density at radius 1 is 1.09 bits per heavy atom. The van der Waals surface area contributed by atoms with Gasteiger partial charge in [0.1, 0.15) is 17.5 Å². The first-order valence-electron chi connectivity index (χ1n) is 14.7. The summed E-state index contributed by atoms with van der Waals surface area (Å²) in [5, 5.41) is 6.16. The summed E-state index contributed by atoms with van der Waals surface area (Å²) >= 11 is 0. The van der Waals surface area contributed by atoms with Crippen LogP contribution in [0.3, 0.4) is 0 Å². The Balaban J connectivity index is 1.41. The van der Waals surface area contributed by atoms with Gasteiger partial charge < -0.3 is 24.4 Å². The second-order valence-corrected chi connectivity index (χ2v) is 11.3. The van der Waals surface area contributed by atoms with Crippen molar-refractivity contribution in [3.05, 3.63) is 59.4 Å². The van der Waals surface area contributed by atoms with Gasteiger partial charge in [-0.05, 0) is 63.3 Å². The number of pyridine rings is 1. The highest BCUT2D eigenvalue weighted by atomic mass is 19.1. The number of furan rings is 1. The van der Waals surface area contributed by atoms with E-state index >= 15 is 0 Å². The molecular formula is C31H36FN7O5. The normalized spacial score (nSPS) is 17.5. The van der Waals surface area contributed by atoms with Crippen LogP contribution in [0.25, 0.3) is 11.0 Å². The molecule has 2 aliphatic heterocycles. The number of aryl methyl sites for hydroxylation is 1. The number of anilines is 1. The summed E-state index contributed by atoms with van der Waals surface area (Å²) in [4.78, 5) is 65.4. The fraction of sp³-hybridized carbons (Fsp3) is 0.419. The molecule has 5 rings (SSSR count). The number of nitrogens with one attached hydrogen (secondary N) is 2. The van der Waals surface area contributed by atoms with E-state index in [1.165, 1.54) is 34.2 Å². The van der Waals surface area contributed by atoms with Crippen molar-refractivity contribution in [3.8, 4) is 0 Å². The molecule has 4 amide bonds. The van der Waals surface area contributed by atoms with Gasteiger partial charge in [-0.2, -0.15) is 0 Å². The Kier molecular flexibility index (Phi) is 9.21. The lowest BCUT2D eigenvalue weighted by molar-refractivity contribution is -0.140. The fourth-order valence-electron chi connectivity index (χ4n) is 5.35. The number of hydrogen-bond acceptors (Lipinski definition) is 7. The third-order valence-corrected chi connectivity index (χ3v) is 7.66. The first-order chi connectivity index (χ1) is 21.1. The predicted octanol–water partition coefficient (Wildman–Crippen LogP) is 3.18. The molecule has 44 heavy (non-hydrogen) atoms. The smallest absolute Gasteiger partial charge is 0.271 e. The number of rotatable bonds is 6. The zero-order chi connectivity index (χ0) is 31.4. The number of benzene rings is 1. The molecule has 3 aromatic rings. The van der Waals surface area contributed by atoms with Gasteiger partial charge >= 0.3 is 0 Å². The summed E-state index contributed by atoms with van der Waals surface area (Å²) in [6.45, 7) is 3.51. The molecule has 2 saturated heterocycles. The van der Waals surface area contributed by atoms with Crippen LogP contribution in [0, 0.1) is 12.7 Å². The molecule has 2 N–H and O–H groups in total. The molecule has 2 aliphatic rings. The molecule has 0 unspecified atom stereocenters. The number of carbonyl (C=O) groups excluding carboxylic acids is 4. The molecule has 1 aromatic carbocycles. The zero-order valence-corrected chi connectivity index (χ0v) is 25.1. The number of fused-ring (bicyclic) bond motifs is 1. The summed E-state index contributed by atoms with van der Waals surface area (Å²) < 4.78 is 20.3. The molecule has 0 spiro atoms. The molecule has 2 aromatic heterocycles. The van der Waals surface area contributed by atoms with Crippen molar-refractivity contribution in [2.24, 2.45) is 4.99 Å². The molecule has 0 bridgehead atoms. The standard InChI is InChI=1S/C31H36FN7O5/c1-19-14-21-15-22(16-23(32)27(21)44-19)34-31(36-28(41)20-9-10-24(33-17-20)29(42)37(2)3)35-25-8-4-5-13-39(30(25)43)18-26(40)38-11-6-7-12-38/h9-10,14-17,25H,4-8,11-13,18H2,1-3H3,(H2,34,35,36,41)/t25-/m0/s1. The van der Waals surface area contributed by atoms with Crippen LogP contribution in [-0.4, -0.2) is 95.6 Å². The largest absolute Gasteiger partial charge is 0.458 e. The molecule has 232 valence electrons. The van der Waals surface area contributed by atoms with Crippen LogP contribution < -0.4 is 10.6 Å². The van der Waals surface area contributed by atoms with Crippen LogP contribution in [0.1, 0.15) is 58.7 Å². The average molecular weight is 606 g/mol. The third kappa shape index (κ3) is 7.04. The van der Waals surface area contributed by atoms with Crippen molar-refractivity contribution >= 4 is 46.2 Å². The van der Waals surface area contributed by atoms with Gasteiger partial charge in [-0.25, -0.2) is 9.38 Å². The Morgan fingerprint density at radius 3 is 2.55 bits per heavy atom. The van der Waals surface area contributed by atoms with E-state index in [-0.39, 0.29) is 52.8 Å². The van der Waals surface area contributed by atoms with Gasteiger partial charge in [-0.15, -0.1) is 0 Å². The van der Waals surface area contributed by atoms with Gasteiger partial charge in [0, 0.05) is 57.1 Å². The maximum absolute atomic E-state index is 14.9. The topological polar surface area (TPSA) is 140 Å². The van der Waals surface area contributed by atoms with E-state index in [9.17, 15) is 23.6 Å². The number of carbonyl (C=O) groups is 4. The maximum Gasteiger partial charge on any atom is 0.271 e. The Labute approximate surface area is 254 Å². The van der Waals surface area contributed by atoms with E-state index in [2.05, 4.69) is 20.6 Å². The SMILES string of the molecule is Cc1cc2cc(NC(=N[C@H]3CCCCN(CC(=O)N4CCCC4)C3=O)NC(=O)c3ccc(C(=O)N(C)C)nc3)cc(F)c2o1. The van der Waals surface area contributed by atoms with Gasteiger partial charge in [0.15, 0.2) is 11.4 Å². The number of aromatic nitrogens is 1. The van der Waals surface area contributed by atoms with Crippen LogP contribution in [0.15, 0.2) is 45.9 Å². The van der Waals surface area contributed by atoms with E-state index in [1.807, 2.05) is 0 Å². The average Bonchev–Trinajstić information content (AvgIpc) is 3.64. The summed E-state index contributed by atoms with van der Waals surface area (Å²) in [6, 6.07) is 6.57. The number of hydrogen-bond donors (Lipinski definition) is 2. The summed E-state index contributed by atoms with van der Waals surface area (Å²) in [7, 11) is 3.20. The van der Waals surface area contributed by atoms with Crippen LogP contribution in [0.4, 0.5) is 10.1 Å². The number of nitrogens with zero attached hydrogens (tertiary/aromatic N) is 5. The van der Waals surface area contributed by atoms with Gasteiger partial charge in [0.25, 0.3) is 11.8 Å². The second kappa shape index (κ2) is 13.2. The molecule has 0 aliphatic carbocycles. The minimum Gasteiger partial charge on any atom is -0.458 e. The van der Waals surface area contributed by atoms with Crippen molar-refractivity contribution in [1.82, 2.24) is 25.0 Å². The number of halogens is 1. The second-order valence-electron chi connectivity index (χ2n) is 11.3. The lowest BCUT2D eigenvalue weighted by Gasteiger charge is -2.25. The van der Waals surface area contributed by atoms with Crippen molar-refractivity contribution in [3.63, 3.8) is 0 Å². The minimum absolute atomic E-state index is 0.0224. The van der Waals surface area contributed by atoms with E-state index in [0.29, 0.717) is 50.0 Å². The molecule has 13 heteroatoms. The van der Waals surface area contributed by atoms with Crippen LogP contribution >= 0.6 is 0 Å². The van der Waals surface area contributed by atoms with Crippen molar-refractivity contribution < 1.29 is 28.0 Å².